The zero-order chi connectivity index (χ0) is 43.8. The molecular formula is C39H40ClF5N2O9SSi. The third kappa shape index (κ3) is 9.56. The molecule has 58 heavy (non-hydrogen) atoms. The van der Waals surface area contributed by atoms with Crippen LogP contribution in [0.5, 0.6) is 11.5 Å². The maximum atomic E-state index is 14.2. The maximum Gasteiger partial charge on any atom is 0.343 e. The number of allylic oxidation sites excluding steroid dienone is 1. The second-order valence-corrected chi connectivity index (χ2v) is 21.4. The van der Waals surface area contributed by atoms with Crippen LogP contribution in [0, 0.1) is 50.5 Å². The Kier molecular flexibility index (Phi) is 13.6. The predicted molar refractivity (Wildman–Crippen MR) is 208 cm³/mol. The number of alkyl halides is 1. The van der Waals surface area contributed by atoms with Gasteiger partial charge in [0, 0.05) is 17.5 Å². The van der Waals surface area contributed by atoms with Crippen LogP contribution in [-0.2, 0) is 25.4 Å². The Hall–Kier alpha value is -4.78. The van der Waals surface area contributed by atoms with Crippen molar-refractivity contribution in [3.8, 4) is 11.5 Å². The van der Waals surface area contributed by atoms with Crippen LogP contribution in [-0.4, -0.2) is 52.5 Å². The maximum absolute atomic E-state index is 14.2. The molecule has 312 valence electrons. The van der Waals surface area contributed by atoms with Gasteiger partial charge in [-0.15, -0.1) is 0 Å². The highest BCUT2D eigenvalue weighted by Gasteiger charge is 2.55. The number of ketones is 1. The van der Waals surface area contributed by atoms with Crippen molar-refractivity contribution in [3.63, 3.8) is 0 Å². The van der Waals surface area contributed by atoms with Crippen LogP contribution in [0.25, 0.3) is 0 Å². The topological polar surface area (TPSA) is 135 Å². The zero-order valence-electron chi connectivity index (χ0n) is 32.8. The molecule has 4 rings (SSSR count). The van der Waals surface area contributed by atoms with Crippen molar-refractivity contribution in [2.24, 2.45) is 11.3 Å². The van der Waals surface area contributed by atoms with E-state index in [2.05, 4.69) is 4.74 Å². The minimum atomic E-state index is -2.44. The number of benzene rings is 3. The van der Waals surface area contributed by atoms with E-state index in [0.717, 1.165) is 29.2 Å². The van der Waals surface area contributed by atoms with Gasteiger partial charge in [-0.05, 0) is 79.2 Å². The molecule has 0 bridgehead atoms. The molecule has 1 heterocycles. The van der Waals surface area contributed by atoms with Crippen LogP contribution in [0.15, 0.2) is 60.0 Å². The molecule has 3 aromatic rings. The highest BCUT2D eigenvalue weighted by atomic mass is 35.5. The van der Waals surface area contributed by atoms with E-state index < -0.39 is 105 Å². The zero-order valence-corrected chi connectivity index (χ0v) is 35.4. The molecule has 19 heteroatoms. The first-order chi connectivity index (χ1) is 26.7. The van der Waals surface area contributed by atoms with Crippen molar-refractivity contribution < 1.29 is 59.9 Å². The van der Waals surface area contributed by atoms with E-state index in [-0.39, 0.29) is 28.8 Å². The minimum Gasteiger partial charge on any atom is -0.477 e. The number of hydrogen-bond donors (Lipinski definition) is 0. The van der Waals surface area contributed by atoms with Crippen molar-refractivity contribution in [3.05, 3.63) is 110 Å². The number of likely N-dealkylation sites (tertiary alicyclic amines) is 1. The molecule has 0 saturated carbocycles. The van der Waals surface area contributed by atoms with E-state index in [1.165, 1.54) is 24.3 Å². The number of nitro benzene ring substituents is 1. The highest BCUT2D eigenvalue weighted by molar-refractivity contribution is 7.80. The number of non-ortho nitro benzene ring substituents is 1. The van der Waals surface area contributed by atoms with E-state index in [4.69, 9.17) is 37.7 Å². The lowest BCUT2D eigenvalue weighted by Crippen LogP contribution is -2.64. The van der Waals surface area contributed by atoms with Crippen LogP contribution in [0.3, 0.4) is 0 Å². The molecule has 0 aromatic heterocycles. The van der Waals surface area contributed by atoms with Gasteiger partial charge in [0.05, 0.1) is 22.5 Å². The number of amides is 1. The first-order valence-electron chi connectivity index (χ1n) is 17.6. The molecule has 0 spiro atoms. The molecule has 1 aliphatic rings. The number of thiocarbonyl (C=S) groups is 1. The number of halogens is 6. The van der Waals surface area contributed by atoms with Gasteiger partial charge in [0.15, 0.2) is 14.1 Å². The summed E-state index contributed by atoms with van der Waals surface area (Å²) in [6.45, 7) is 16.3. The number of β-lactam (4-membered cyclic amide) rings is 1. The average molecular weight is 871 g/mol. The van der Waals surface area contributed by atoms with E-state index in [9.17, 15) is 46.5 Å². The number of nitro groups is 1. The Morgan fingerprint density at radius 1 is 0.897 bits per heavy atom. The lowest BCUT2D eigenvalue weighted by atomic mass is 9.87. The summed E-state index contributed by atoms with van der Waals surface area (Å²) >= 11 is 12.6. The van der Waals surface area contributed by atoms with Crippen molar-refractivity contribution in [2.75, 3.05) is 0 Å². The van der Waals surface area contributed by atoms with Crippen LogP contribution in [0.2, 0.25) is 18.1 Å². The van der Waals surface area contributed by atoms with E-state index in [0.29, 0.717) is 5.56 Å². The van der Waals surface area contributed by atoms with E-state index >= 15 is 0 Å². The molecule has 0 aliphatic carbocycles. The predicted octanol–water partition coefficient (Wildman–Crippen LogP) is 9.69. The first-order valence-corrected chi connectivity index (χ1v) is 21.3. The van der Waals surface area contributed by atoms with Crippen molar-refractivity contribution in [1.82, 2.24) is 4.90 Å². The fraction of sp³-hybridized carbons (Fsp3) is 0.385. The lowest BCUT2D eigenvalue weighted by Gasteiger charge is -2.49. The molecule has 1 aliphatic heterocycles. The Morgan fingerprint density at radius 3 is 1.88 bits per heavy atom. The number of ether oxygens (including phenoxy) is 3. The summed E-state index contributed by atoms with van der Waals surface area (Å²) in [5.41, 5.74) is -2.81. The average Bonchev–Trinajstić information content (AvgIpc) is 3.14. The summed E-state index contributed by atoms with van der Waals surface area (Å²) in [4.78, 5) is 52.7. The van der Waals surface area contributed by atoms with Crippen molar-refractivity contribution >= 4 is 60.5 Å². The van der Waals surface area contributed by atoms with Crippen LogP contribution in [0.1, 0.15) is 64.4 Å². The number of carbonyl (C=O) groups excluding carboxylic acids is 3. The molecule has 0 N–H and O–H groups in total. The van der Waals surface area contributed by atoms with Gasteiger partial charge in [-0.3, -0.25) is 24.6 Å². The van der Waals surface area contributed by atoms with Gasteiger partial charge in [-0.2, -0.15) is 8.78 Å². The number of esters is 1. The van der Waals surface area contributed by atoms with Gasteiger partial charge in [-0.1, -0.05) is 53.1 Å². The molecule has 3 aromatic carbocycles. The second kappa shape index (κ2) is 17.2. The lowest BCUT2D eigenvalue weighted by molar-refractivity contribution is -0.384. The quantitative estimate of drug-likeness (QED) is 0.0130. The van der Waals surface area contributed by atoms with Gasteiger partial charge >= 0.3 is 5.97 Å². The molecule has 3 atom stereocenters. The fourth-order valence-corrected chi connectivity index (χ4v) is 7.41. The summed E-state index contributed by atoms with van der Waals surface area (Å²) < 4.78 is 92.3. The van der Waals surface area contributed by atoms with Crippen LogP contribution < -0.4 is 9.47 Å². The molecule has 11 nitrogen and oxygen atoms in total. The van der Waals surface area contributed by atoms with Gasteiger partial charge < -0.3 is 18.6 Å². The molecule has 0 radical (unpaired) electrons. The van der Waals surface area contributed by atoms with Crippen LogP contribution >= 0.6 is 23.8 Å². The molecular weight excluding hydrogens is 831 g/mol. The number of Topliss-reactive ketones (excluding diaryl/α,β-unsaturated/α-hetero) is 1. The van der Waals surface area contributed by atoms with Crippen LogP contribution in [0.4, 0.5) is 27.6 Å². The molecule has 1 amide bonds. The van der Waals surface area contributed by atoms with Gasteiger partial charge in [0.1, 0.15) is 23.6 Å². The van der Waals surface area contributed by atoms with Crippen molar-refractivity contribution in [2.45, 2.75) is 84.8 Å². The summed E-state index contributed by atoms with van der Waals surface area (Å²) in [7, 11) is -2.40. The summed E-state index contributed by atoms with van der Waals surface area (Å²) in [6.07, 6.45) is -0.664. The normalized spacial score (nSPS) is 16.9. The first kappa shape index (κ1) is 45.9. The number of nitrogens with zero attached hydrogens (tertiary/aromatic N) is 2. The Balaban J connectivity index is 1.75. The smallest absolute Gasteiger partial charge is 0.343 e. The minimum absolute atomic E-state index is 0.152. The standard InChI is InChI=1S/C39H40ClF5N2O9SSi/c1-19(56-58(8,9)39(5,6)7)24-34(40)46(35(24)49)30(37(57)53-18-20-10-14-22(15-11-20)47(51)52)32(33(48)38(2,3)4)54-23-16-12-21(13-17-23)36(50)55-31-28(44)26(42)25(41)27(43)29(31)45/h10-17,19,24,34H,18H2,1-9H3/t19-,24-,34+/m1/s1. The van der Waals surface area contributed by atoms with Crippen molar-refractivity contribution in [1.29, 1.82) is 0 Å². The van der Waals surface area contributed by atoms with Gasteiger partial charge in [0.2, 0.25) is 51.6 Å². The number of carbonyl (C=O) groups is 3. The third-order valence-electron chi connectivity index (χ3n) is 9.59. The highest BCUT2D eigenvalue weighted by Crippen LogP contribution is 2.44. The SMILES string of the molecule is C[C@@H](O[Si](C)(C)C(C)(C)C)[C@H]1C(=O)N(C(C(=S)OCc2ccc([N+](=O)[O-])cc2)=C(Oc2ccc(C(=O)Oc3c(F)c(F)c(F)c(F)c3F)cc2)C(=O)C(C)(C)C)[C@@H]1Cl. The molecule has 0 unspecified atom stereocenters. The fourth-order valence-electron chi connectivity index (χ4n) is 5.23. The van der Waals surface area contributed by atoms with Gasteiger partial charge in [-0.25, -0.2) is 18.0 Å². The number of rotatable bonds is 13. The molecule has 1 fully saturated rings. The summed E-state index contributed by atoms with van der Waals surface area (Å²) in [6, 6.07) is 9.63. The van der Waals surface area contributed by atoms with E-state index in [1.54, 1.807) is 27.7 Å². The summed E-state index contributed by atoms with van der Waals surface area (Å²) in [5.74, 6) is -17.9. The molecule has 1 saturated heterocycles. The Labute approximate surface area is 342 Å². The second-order valence-electron chi connectivity index (χ2n) is 15.9. The number of hydrogen-bond acceptors (Lipinski definition) is 10. The third-order valence-corrected chi connectivity index (χ3v) is 14.9. The Morgan fingerprint density at radius 2 is 1.41 bits per heavy atom. The van der Waals surface area contributed by atoms with E-state index in [1.807, 2.05) is 33.9 Å². The van der Waals surface area contributed by atoms with Gasteiger partial charge in [0.25, 0.3) is 5.69 Å². The largest absolute Gasteiger partial charge is 0.477 e. The Bertz CT molecular complexity index is 2150. The summed E-state index contributed by atoms with van der Waals surface area (Å²) in [5, 5.41) is 10.5. The monoisotopic (exact) mass is 870 g/mol.